The van der Waals surface area contributed by atoms with Crippen LogP contribution in [0.5, 0.6) is 0 Å². The minimum absolute atomic E-state index is 0.566. The second-order valence-corrected chi connectivity index (χ2v) is 15.6. The number of para-hydroxylation sites is 1. The molecule has 4 nitrogen and oxygen atoms in total. The monoisotopic (exact) mass is 844 g/mol. The number of hydrogen-bond acceptors (Lipinski definition) is 4. The number of alkyl halides is 6. The fourth-order valence-corrected chi connectivity index (χ4v) is 8.60. The maximum atomic E-state index is 13.7. The fraction of sp³-hybridized carbons (Fsp3) is 0.125. The van der Waals surface area contributed by atoms with Crippen molar-refractivity contribution in [3.63, 3.8) is 0 Å². The lowest BCUT2D eigenvalue weighted by Gasteiger charge is -2.21. The summed E-state index contributed by atoms with van der Waals surface area (Å²) in [5, 5.41) is 23.6. The Morgan fingerprint density at radius 2 is 0.950 bits per heavy atom. The molecule has 0 bridgehead atoms. The maximum Gasteiger partial charge on any atom is 0.390 e. The number of thioether (sulfide) groups is 2. The van der Waals surface area contributed by atoms with Gasteiger partial charge in [0.25, 0.3) is 0 Å². The average molecular weight is 845 g/mol. The van der Waals surface area contributed by atoms with E-state index in [9.17, 15) is 31.6 Å². The van der Waals surface area contributed by atoms with Gasteiger partial charge in [0, 0.05) is 43.4 Å². The molecule has 60 heavy (non-hydrogen) atoms. The van der Waals surface area contributed by atoms with Crippen molar-refractivity contribution in [3.8, 4) is 33.3 Å². The zero-order valence-corrected chi connectivity index (χ0v) is 33.2. The number of H-pyrrole nitrogens is 2. The molecule has 2 aromatic heterocycles. The van der Waals surface area contributed by atoms with Crippen molar-refractivity contribution >= 4 is 45.3 Å². The van der Waals surface area contributed by atoms with Gasteiger partial charge in [-0.25, -0.2) is 0 Å². The van der Waals surface area contributed by atoms with E-state index < -0.39 is 37.0 Å². The summed E-state index contributed by atoms with van der Waals surface area (Å²) in [5.74, 6) is -1.78. The van der Waals surface area contributed by atoms with Crippen LogP contribution in [0.2, 0.25) is 0 Å². The fourth-order valence-electron chi connectivity index (χ4n) is 7.66. The largest absolute Gasteiger partial charge is 0.390 e. The SMILES string of the molecule is N#CSc1ccc(C(CC(F)(F)F)c2c(-c3ccccc3)[nH]c3ccccc23)cc1.N#CSc1cccc2[nH]c(-c3ccccc3)c(C(CC(F)(F)F)c3ccccc3)c12. The molecule has 0 amide bonds. The van der Waals surface area contributed by atoms with Crippen molar-refractivity contribution in [2.45, 2.75) is 46.8 Å². The first-order valence-corrected chi connectivity index (χ1v) is 20.3. The van der Waals surface area contributed by atoms with Gasteiger partial charge in [-0.2, -0.15) is 36.9 Å². The third-order valence-electron chi connectivity index (χ3n) is 10.1. The first-order chi connectivity index (χ1) is 28.9. The van der Waals surface area contributed by atoms with Gasteiger partial charge >= 0.3 is 12.4 Å². The smallest absolute Gasteiger partial charge is 0.354 e. The first-order valence-electron chi connectivity index (χ1n) is 18.7. The number of rotatable bonds is 10. The lowest BCUT2D eigenvalue weighted by Crippen LogP contribution is -2.15. The van der Waals surface area contributed by atoms with Crippen LogP contribution in [-0.2, 0) is 0 Å². The van der Waals surface area contributed by atoms with Crippen LogP contribution in [0, 0.1) is 21.3 Å². The highest BCUT2D eigenvalue weighted by Gasteiger charge is 2.37. The van der Waals surface area contributed by atoms with Crippen LogP contribution in [-0.4, -0.2) is 22.3 Å². The van der Waals surface area contributed by atoms with E-state index in [-0.39, 0.29) is 0 Å². The van der Waals surface area contributed by atoms with Gasteiger partial charge < -0.3 is 9.97 Å². The predicted molar refractivity (Wildman–Crippen MR) is 228 cm³/mol. The van der Waals surface area contributed by atoms with E-state index in [4.69, 9.17) is 5.26 Å². The van der Waals surface area contributed by atoms with Crippen LogP contribution in [0.25, 0.3) is 44.3 Å². The molecular weight excluding hydrogens is 811 g/mol. The van der Waals surface area contributed by atoms with Crippen LogP contribution < -0.4 is 0 Å². The molecule has 8 aromatic rings. The van der Waals surface area contributed by atoms with Crippen molar-refractivity contribution < 1.29 is 26.3 Å². The highest BCUT2D eigenvalue weighted by atomic mass is 32.2. The molecular formula is C48H34F6N4S2. The molecule has 2 N–H and O–H groups in total. The lowest BCUT2D eigenvalue weighted by atomic mass is 9.85. The summed E-state index contributed by atoms with van der Waals surface area (Å²) in [7, 11) is 0. The van der Waals surface area contributed by atoms with Crippen LogP contribution in [0.15, 0.2) is 168 Å². The van der Waals surface area contributed by atoms with Gasteiger partial charge in [-0.05, 0) is 87.2 Å². The Kier molecular flexibility index (Phi) is 12.7. The molecule has 0 saturated carbocycles. The molecule has 0 aliphatic rings. The molecule has 0 radical (unpaired) electrons. The third kappa shape index (κ3) is 9.74. The summed E-state index contributed by atoms with van der Waals surface area (Å²) in [5.41, 5.74) is 6.86. The van der Waals surface area contributed by atoms with Crippen LogP contribution in [0.3, 0.4) is 0 Å². The van der Waals surface area contributed by atoms with Crippen molar-refractivity contribution in [2.24, 2.45) is 0 Å². The number of aromatic nitrogens is 2. The number of halogens is 6. The van der Waals surface area contributed by atoms with Gasteiger partial charge in [0.1, 0.15) is 10.8 Å². The molecule has 0 saturated heterocycles. The van der Waals surface area contributed by atoms with Crippen molar-refractivity contribution in [1.82, 2.24) is 9.97 Å². The van der Waals surface area contributed by atoms with Gasteiger partial charge in [-0.15, -0.1) is 0 Å². The average Bonchev–Trinajstić information content (AvgIpc) is 3.83. The van der Waals surface area contributed by atoms with Crippen molar-refractivity contribution in [1.29, 1.82) is 10.5 Å². The highest BCUT2D eigenvalue weighted by Crippen LogP contribution is 2.47. The number of hydrogen-bond donors (Lipinski definition) is 2. The summed E-state index contributed by atoms with van der Waals surface area (Å²) in [6.07, 6.45) is -10.7. The Balaban J connectivity index is 0.000000181. The second-order valence-electron chi connectivity index (χ2n) is 13.9. The van der Waals surface area contributed by atoms with Gasteiger partial charge in [0.15, 0.2) is 0 Å². The molecule has 0 spiro atoms. The summed E-state index contributed by atoms with van der Waals surface area (Å²) in [6, 6.07) is 47.1. The van der Waals surface area contributed by atoms with E-state index in [1.165, 1.54) is 0 Å². The minimum atomic E-state index is -4.35. The van der Waals surface area contributed by atoms with Gasteiger partial charge in [0.2, 0.25) is 0 Å². The van der Waals surface area contributed by atoms with Crippen LogP contribution in [0.1, 0.15) is 46.9 Å². The maximum absolute atomic E-state index is 13.7. The Bertz CT molecular complexity index is 2770. The number of aromatic amines is 2. The third-order valence-corrected chi connectivity index (χ3v) is 11.3. The van der Waals surface area contributed by atoms with E-state index >= 15 is 0 Å². The number of fused-ring (bicyclic) bond motifs is 2. The summed E-state index contributed by atoms with van der Waals surface area (Å²) in [6.45, 7) is 0. The molecule has 2 heterocycles. The molecule has 0 aliphatic heterocycles. The Labute approximate surface area is 350 Å². The molecule has 12 heteroatoms. The Morgan fingerprint density at radius 1 is 0.483 bits per heavy atom. The summed E-state index contributed by atoms with van der Waals surface area (Å²) in [4.78, 5) is 8.01. The summed E-state index contributed by atoms with van der Waals surface area (Å²) >= 11 is 1.95. The summed E-state index contributed by atoms with van der Waals surface area (Å²) < 4.78 is 82.1. The standard InChI is InChI=1S/2C24H17F3N2S/c25-24(26,27)14-18(16-8-3-1-4-9-16)21-22-19(12-7-13-20(22)30-15-28)29-23(21)17-10-5-2-6-11-17;25-24(26,27)14-20(16-10-12-18(13-11-16)30-15-28)22-19-8-4-5-9-21(19)29-23(22)17-6-2-1-3-7-17/h1-13,18,29H,14H2;1-13,20,29H,14H2. The molecule has 2 atom stereocenters. The zero-order chi connectivity index (χ0) is 42.3. The normalized spacial score (nSPS) is 12.6. The van der Waals surface area contributed by atoms with E-state index in [0.717, 1.165) is 45.6 Å². The minimum Gasteiger partial charge on any atom is -0.354 e. The van der Waals surface area contributed by atoms with Gasteiger partial charge in [-0.3, -0.25) is 0 Å². The highest BCUT2D eigenvalue weighted by molar-refractivity contribution is 8.04. The molecule has 2 unspecified atom stereocenters. The molecule has 6 aromatic carbocycles. The van der Waals surface area contributed by atoms with E-state index in [2.05, 4.69) is 15.4 Å². The number of thiocyanates is 2. The van der Waals surface area contributed by atoms with Crippen molar-refractivity contribution in [2.75, 3.05) is 0 Å². The van der Waals surface area contributed by atoms with E-state index in [1.54, 1.807) is 66.7 Å². The van der Waals surface area contributed by atoms with E-state index in [1.807, 2.05) is 96.4 Å². The number of benzene rings is 6. The number of nitrogens with zero attached hydrogens (tertiary/aromatic N) is 2. The Morgan fingerprint density at radius 3 is 1.52 bits per heavy atom. The van der Waals surface area contributed by atoms with Crippen LogP contribution in [0.4, 0.5) is 26.3 Å². The number of nitrogens with one attached hydrogen (secondary N) is 2. The van der Waals surface area contributed by atoms with Crippen molar-refractivity contribution in [3.05, 3.63) is 180 Å². The quantitative estimate of drug-likeness (QED) is 0.0816. The zero-order valence-electron chi connectivity index (χ0n) is 31.6. The predicted octanol–water partition coefficient (Wildman–Crippen LogP) is 15.0. The molecule has 0 aliphatic carbocycles. The second kappa shape index (κ2) is 18.3. The Hall–Kier alpha value is -6.34. The molecule has 0 fully saturated rings. The molecule has 8 rings (SSSR count). The van der Waals surface area contributed by atoms with Crippen LogP contribution >= 0.6 is 23.5 Å². The van der Waals surface area contributed by atoms with E-state index in [0.29, 0.717) is 54.3 Å². The molecule has 300 valence electrons. The van der Waals surface area contributed by atoms with Gasteiger partial charge in [-0.1, -0.05) is 127 Å². The lowest BCUT2D eigenvalue weighted by molar-refractivity contribution is -0.137. The number of nitriles is 2. The van der Waals surface area contributed by atoms with Gasteiger partial charge in [0.05, 0.1) is 24.2 Å². The first kappa shape index (κ1) is 41.8. The topological polar surface area (TPSA) is 79.2 Å².